The maximum Gasteiger partial charge on any atom is 0.163 e. The van der Waals surface area contributed by atoms with Crippen LogP contribution in [0.3, 0.4) is 0 Å². The van der Waals surface area contributed by atoms with Crippen molar-refractivity contribution in [3.05, 3.63) is 35.4 Å². The molecule has 2 aliphatic rings. The van der Waals surface area contributed by atoms with E-state index in [-0.39, 0.29) is 12.1 Å². The molecule has 1 fully saturated rings. The molecule has 1 aromatic carbocycles. The summed E-state index contributed by atoms with van der Waals surface area (Å²) in [6, 6.07) is 8.94. The van der Waals surface area contributed by atoms with Gasteiger partial charge in [-0.25, -0.2) is 0 Å². The fraction of sp³-hybridized carbons (Fsp3) is 0.571. The van der Waals surface area contributed by atoms with Crippen LogP contribution in [0.5, 0.6) is 0 Å². The van der Waals surface area contributed by atoms with Crippen LogP contribution in [0, 0.1) is 0 Å². The summed E-state index contributed by atoms with van der Waals surface area (Å²) in [5.74, 6) is -0.456. The van der Waals surface area contributed by atoms with Crippen molar-refractivity contribution in [2.75, 3.05) is 13.2 Å². The van der Waals surface area contributed by atoms with E-state index in [2.05, 4.69) is 38.3 Å². The molecule has 98 valence electrons. The fourth-order valence-electron chi connectivity index (χ4n) is 2.90. The standard InChI is InChI=1S/C14H20NO2P/c1-14(2)16-9-12(17-14)13-11-6-4-3-5-10(11)7-8-15(13)18/h3-6,12-13H,7-9,18H2,1-2H3. The third kappa shape index (κ3) is 2.21. The number of nitrogens with zero attached hydrogens (tertiary/aromatic N) is 1. The van der Waals surface area contributed by atoms with E-state index in [1.807, 2.05) is 13.8 Å². The minimum absolute atomic E-state index is 0.110. The molecule has 3 unspecified atom stereocenters. The number of fused-ring (bicyclic) bond motifs is 1. The average Bonchev–Trinajstić information content (AvgIpc) is 2.69. The molecular weight excluding hydrogens is 245 g/mol. The molecular formula is C14H20NO2P. The minimum atomic E-state index is -0.456. The summed E-state index contributed by atoms with van der Waals surface area (Å²) in [7, 11) is 2.84. The Kier molecular flexibility index (Phi) is 3.19. The molecule has 0 amide bonds. The molecule has 4 heteroatoms. The lowest BCUT2D eigenvalue weighted by atomic mass is 9.91. The largest absolute Gasteiger partial charge is 0.348 e. The number of benzene rings is 1. The summed E-state index contributed by atoms with van der Waals surface area (Å²) >= 11 is 0. The lowest BCUT2D eigenvalue weighted by Crippen LogP contribution is -2.37. The Morgan fingerprint density at radius 2 is 2.11 bits per heavy atom. The SMILES string of the molecule is CC1(C)OCC(C2c3ccccc3CCN2P)O1. The van der Waals surface area contributed by atoms with Gasteiger partial charge < -0.3 is 9.47 Å². The van der Waals surface area contributed by atoms with Gasteiger partial charge in [-0.15, -0.1) is 0 Å². The van der Waals surface area contributed by atoms with Gasteiger partial charge in [-0.2, -0.15) is 0 Å². The van der Waals surface area contributed by atoms with Crippen LogP contribution in [0.2, 0.25) is 0 Å². The zero-order valence-electron chi connectivity index (χ0n) is 10.9. The predicted octanol–water partition coefficient (Wildman–Crippen LogP) is 2.53. The van der Waals surface area contributed by atoms with E-state index in [1.54, 1.807) is 0 Å². The summed E-state index contributed by atoms with van der Waals surface area (Å²) in [6.45, 7) is 5.67. The van der Waals surface area contributed by atoms with Crippen molar-refractivity contribution in [3.63, 3.8) is 0 Å². The number of hydrogen-bond acceptors (Lipinski definition) is 3. The van der Waals surface area contributed by atoms with Crippen molar-refractivity contribution in [2.24, 2.45) is 0 Å². The highest BCUT2D eigenvalue weighted by atomic mass is 31.0. The minimum Gasteiger partial charge on any atom is -0.348 e. The number of hydrogen-bond donors (Lipinski definition) is 0. The second kappa shape index (κ2) is 4.57. The molecule has 1 aromatic rings. The van der Waals surface area contributed by atoms with Gasteiger partial charge >= 0.3 is 0 Å². The zero-order valence-corrected chi connectivity index (χ0v) is 12.1. The van der Waals surface area contributed by atoms with Crippen LogP contribution in [0.15, 0.2) is 24.3 Å². The first-order valence-electron chi connectivity index (χ1n) is 6.48. The first kappa shape index (κ1) is 12.6. The third-order valence-corrected chi connectivity index (χ3v) is 4.33. The van der Waals surface area contributed by atoms with Gasteiger partial charge in [0.05, 0.1) is 12.6 Å². The van der Waals surface area contributed by atoms with Crippen LogP contribution in [-0.2, 0) is 15.9 Å². The highest BCUT2D eigenvalue weighted by molar-refractivity contribution is 7.13. The average molecular weight is 265 g/mol. The molecule has 3 atom stereocenters. The Bertz CT molecular complexity index is 449. The van der Waals surface area contributed by atoms with Gasteiger partial charge in [-0.1, -0.05) is 33.7 Å². The number of ether oxygens (including phenoxy) is 2. The van der Waals surface area contributed by atoms with Gasteiger partial charge in [-0.3, -0.25) is 4.67 Å². The monoisotopic (exact) mass is 265 g/mol. The Morgan fingerprint density at radius 3 is 2.83 bits per heavy atom. The number of rotatable bonds is 1. The van der Waals surface area contributed by atoms with E-state index in [4.69, 9.17) is 9.47 Å². The van der Waals surface area contributed by atoms with Crippen molar-refractivity contribution in [1.29, 1.82) is 0 Å². The predicted molar refractivity (Wildman–Crippen MR) is 74.2 cm³/mol. The second-order valence-corrected chi connectivity index (χ2v) is 6.16. The molecule has 0 saturated carbocycles. The second-order valence-electron chi connectivity index (χ2n) is 5.50. The molecule has 0 bridgehead atoms. The van der Waals surface area contributed by atoms with Crippen LogP contribution < -0.4 is 0 Å². The van der Waals surface area contributed by atoms with Gasteiger partial charge in [0, 0.05) is 6.54 Å². The van der Waals surface area contributed by atoms with E-state index in [9.17, 15) is 0 Å². The topological polar surface area (TPSA) is 21.7 Å². The molecule has 2 aliphatic heterocycles. The van der Waals surface area contributed by atoms with Gasteiger partial charge in [-0.05, 0) is 31.4 Å². The maximum atomic E-state index is 6.04. The van der Waals surface area contributed by atoms with Crippen LogP contribution in [0.25, 0.3) is 0 Å². The molecule has 0 spiro atoms. The molecule has 3 nitrogen and oxygen atoms in total. The smallest absolute Gasteiger partial charge is 0.163 e. The summed E-state index contributed by atoms with van der Waals surface area (Å²) in [4.78, 5) is 0. The lowest BCUT2D eigenvalue weighted by molar-refractivity contribution is -0.144. The molecule has 0 aromatic heterocycles. The summed E-state index contributed by atoms with van der Waals surface area (Å²) < 4.78 is 14.1. The Hall–Kier alpha value is -0.470. The van der Waals surface area contributed by atoms with E-state index in [0.717, 1.165) is 13.0 Å². The molecule has 18 heavy (non-hydrogen) atoms. The Balaban J connectivity index is 1.92. The quantitative estimate of drug-likeness (QED) is 0.728. The van der Waals surface area contributed by atoms with E-state index in [1.165, 1.54) is 11.1 Å². The van der Waals surface area contributed by atoms with Crippen LogP contribution in [0.4, 0.5) is 0 Å². The van der Waals surface area contributed by atoms with E-state index >= 15 is 0 Å². The first-order valence-corrected chi connectivity index (χ1v) is 6.99. The van der Waals surface area contributed by atoms with Crippen molar-refractivity contribution >= 4 is 9.39 Å². The Labute approximate surface area is 111 Å². The molecule has 2 heterocycles. The maximum absolute atomic E-state index is 6.04. The van der Waals surface area contributed by atoms with Crippen LogP contribution in [-0.4, -0.2) is 29.7 Å². The van der Waals surface area contributed by atoms with E-state index in [0.29, 0.717) is 6.61 Å². The van der Waals surface area contributed by atoms with E-state index < -0.39 is 5.79 Å². The summed E-state index contributed by atoms with van der Waals surface area (Å²) in [5.41, 5.74) is 2.82. The highest BCUT2D eigenvalue weighted by Crippen LogP contribution is 2.39. The van der Waals surface area contributed by atoms with Crippen LogP contribution in [0.1, 0.15) is 31.0 Å². The summed E-state index contributed by atoms with van der Waals surface area (Å²) in [5, 5.41) is 0. The Morgan fingerprint density at radius 1 is 1.33 bits per heavy atom. The highest BCUT2D eigenvalue weighted by Gasteiger charge is 2.41. The molecule has 0 N–H and O–H groups in total. The third-order valence-electron chi connectivity index (χ3n) is 3.75. The van der Waals surface area contributed by atoms with Gasteiger partial charge in [0.25, 0.3) is 0 Å². The molecule has 0 radical (unpaired) electrons. The first-order chi connectivity index (χ1) is 8.57. The van der Waals surface area contributed by atoms with Gasteiger partial charge in [0.2, 0.25) is 0 Å². The normalized spacial score (nSPS) is 31.3. The summed E-state index contributed by atoms with van der Waals surface area (Å²) in [6.07, 6.45) is 1.21. The van der Waals surface area contributed by atoms with Crippen molar-refractivity contribution in [3.8, 4) is 0 Å². The molecule has 0 aliphatic carbocycles. The molecule has 1 saturated heterocycles. The zero-order chi connectivity index (χ0) is 12.8. The van der Waals surface area contributed by atoms with Crippen LogP contribution >= 0.6 is 9.39 Å². The van der Waals surface area contributed by atoms with Crippen molar-refractivity contribution in [2.45, 2.75) is 38.2 Å². The van der Waals surface area contributed by atoms with Crippen molar-refractivity contribution < 1.29 is 9.47 Å². The van der Waals surface area contributed by atoms with Gasteiger partial charge in [0.1, 0.15) is 6.10 Å². The van der Waals surface area contributed by atoms with Crippen molar-refractivity contribution in [1.82, 2.24) is 4.67 Å². The fourth-order valence-corrected chi connectivity index (χ4v) is 3.38. The lowest BCUT2D eigenvalue weighted by Gasteiger charge is -2.37. The molecule has 3 rings (SSSR count). The van der Waals surface area contributed by atoms with Gasteiger partial charge in [0.15, 0.2) is 5.79 Å².